The van der Waals surface area contributed by atoms with Crippen LogP contribution in [0.5, 0.6) is 0 Å². The van der Waals surface area contributed by atoms with Crippen LogP contribution >= 0.6 is 11.6 Å². The van der Waals surface area contributed by atoms with Crippen molar-refractivity contribution in [2.75, 3.05) is 6.61 Å². The van der Waals surface area contributed by atoms with Gasteiger partial charge < -0.3 is 23.7 Å². The Morgan fingerprint density at radius 1 is 0.769 bits per heavy atom. The van der Waals surface area contributed by atoms with Gasteiger partial charge in [0.15, 0.2) is 18.3 Å². The molecule has 0 bridgehead atoms. The van der Waals surface area contributed by atoms with Crippen molar-refractivity contribution in [2.24, 2.45) is 0 Å². The van der Waals surface area contributed by atoms with Crippen molar-refractivity contribution < 1.29 is 42.9 Å². The number of hydrogen-bond acceptors (Lipinski definition) is 9. The van der Waals surface area contributed by atoms with Crippen LogP contribution in [-0.4, -0.2) is 54.9 Å². The molecule has 2 aromatic rings. The molecule has 210 valence electrons. The van der Waals surface area contributed by atoms with Crippen LogP contribution in [0.15, 0.2) is 42.5 Å². The maximum absolute atomic E-state index is 12.1. The Labute approximate surface area is 232 Å². The largest absolute Gasteiger partial charge is 0.463 e. The van der Waals surface area contributed by atoms with Gasteiger partial charge in [0.2, 0.25) is 0 Å². The molecule has 1 aliphatic rings. The normalized spacial score (nSPS) is 22.5. The third kappa shape index (κ3) is 8.28. The summed E-state index contributed by atoms with van der Waals surface area (Å²) in [6, 6.07) is 13.5. The summed E-state index contributed by atoms with van der Waals surface area (Å²) < 4.78 is 28.0. The first-order valence-electron chi connectivity index (χ1n) is 12.6. The summed E-state index contributed by atoms with van der Waals surface area (Å²) in [6.45, 7) is 6.60. The van der Waals surface area contributed by atoms with Crippen molar-refractivity contribution in [3.05, 3.63) is 69.7 Å². The lowest BCUT2D eigenvalue weighted by Crippen LogP contribution is -2.59. The van der Waals surface area contributed by atoms with Gasteiger partial charge in [-0.1, -0.05) is 54.9 Å². The van der Waals surface area contributed by atoms with Crippen LogP contribution in [0.4, 0.5) is 0 Å². The first-order valence-corrected chi connectivity index (χ1v) is 13.0. The second kappa shape index (κ2) is 13.6. The summed E-state index contributed by atoms with van der Waals surface area (Å²) in [5.74, 6) is -2.60. The Kier molecular flexibility index (Phi) is 10.5. The molecule has 5 atom stereocenters. The molecule has 39 heavy (non-hydrogen) atoms. The van der Waals surface area contributed by atoms with Gasteiger partial charge in [-0.3, -0.25) is 19.2 Å². The molecule has 0 N–H and O–H groups in total. The summed E-state index contributed by atoms with van der Waals surface area (Å²) >= 11 is 6.55. The molecule has 0 spiro atoms. The number of rotatable bonds is 9. The van der Waals surface area contributed by atoms with Gasteiger partial charge in [0.1, 0.15) is 18.8 Å². The number of hydrogen-bond donors (Lipinski definition) is 0. The number of aryl methyl sites for hydroxylation is 1. The Morgan fingerprint density at radius 2 is 1.33 bits per heavy atom. The third-order valence-corrected chi connectivity index (χ3v) is 6.58. The van der Waals surface area contributed by atoms with E-state index in [0.717, 1.165) is 17.5 Å². The van der Waals surface area contributed by atoms with Gasteiger partial charge in [0.25, 0.3) is 0 Å². The molecule has 0 radical (unpaired) electrons. The van der Waals surface area contributed by atoms with E-state index in [1.807, 2.05) is 18.2 Å². The standard InChI is InChI=1S/C29H33ClO9/c1-6-20-7-9-21(10-8-20)13-23-14-22(11-12-24(23)30)26-28(37-18(4)33)29(38-19(5)34)27(36-17(3)32)25(39-26)15-35-16(2)31/h7-12,14,25-29H,6,13,15H2,1-5H3/t25-,26+,27-,28+,29+/m1/s1. The van der Waals surface area contributed by atoms with Crippen molar-refractivity contribution in [3.8, 4) is 0 Å². The molecule has 10 heteroatoms. The Morgan fingerprint density at radius 3 is 1.90 bits per heavy atom. The fourth-order valence-electron chi connectivity index (χ4n) is 4.52. The molecule has 0 aromatic heterocycles. The lowest BCUT2D eigenvalue weighted by Gasteiger charge is -2.44. The fourth-order valence-corrected chi connectivity index (χ4v) is 4.70. The van der Waals surface area contributed by atoms with Gasteiger partial charge in [-0.2, -0.15) is 0 Å². The van der Waals surface area contributed by atoms with E-state index >= 15 is 0 Å². The second-order valence-electron chi connectivity index (χ2n) is 9.32. The Bertz CT molecular complexity index is 1190. The van der Waals surface area contributed by atoms with Crippen LogP contribution < -0.4 is 0 Å². The van der Waals surface area contributed by atoms with E-state index in [2.05, 4.69) is 19.1 Å². The smallest absolute Gasteiger partial charge is 0.303 e. The van der Waals surface area contributed by atoms with E-state index < -0.39 is 54.4 Å². The Balaban J connectivity index is 2.05. The first-order chi connectivity index (χ1) is 18.5. The fraction of sp³-hybridized carbons (Fsp3) is 0.448. The van der Waals surface area contributed by atoms with E-state index in [4.69, 9.17) is 35.3 Å². The van der Waals surface area contributed by atoms with Crippen molar-refractivity contribution in [1.82, 2.24) is 0 Å². The zero-order valence-corrected chi connectivity index (χ0v) is 23.4. The van der Waals surface area contributed by atoms with E-state index in [1.165, 1.54) is 33.3 Å². The predicted molar refractivity (Wildman–Crippen MR) is 141 cm³/mol. The molecule has 0 unspecified atom stereocenters. The molecule has 1 aliphatic heterocycles. The van der Waals surface area contributed by atoms with Crippen molar-refractivity contribution in [1.29, 1.82) is 0 Å². The highest BCUT2D eigenvalue weighted by molar-refractivity contribution is 6.31. The number of esters is 4. The third-order valence-electron chi connectivity index (χ3n) is 6.21. The molecule has 1 fully saturated rings. The second-order valence-corrected chi connectivity index (χ2v) is 9.72. The monoisotopic (exact) mass is 560 g/mol. The number of ether oxygens (including phenoxy) is 5. The summed E-state index contributed by atoms with van der Waals surface area (Å²) in [4.78, 5) is 47.8. The van der Waals surface area contributed by atoms with Gasteiger partial charge in [0, 0.05) is 32.7 Å². The minimum absolute atomic E-state index is 0.293. The van der Waals surface area contributed by atoms with Crippen LogP contribution in [0.25, 0.3) is 0 Å². The zero-order chi connectivity index (χ0) is 28.7. The number of carbonyl (C=O) groups excluding carboxylic acids is 4. The average molecular weight is 561 g/mol. The van der Waals surface area contributed by atoms with Gasteiger partial charge >= 0.3 is 23.9 Å². The summed E-state index contributed by atoms with van der Waals surface area (Å²) in [7, 11) is 0. The summed E-state index contributed by atoms with van der Waals surface area (Å²) in [5.41, 5.74) is 3.65. The highest BCUT2D eigenvalue weighted by Crippen LogP contribution is 2.39. The van der Waals surface area contributed by atoms with E-state index in [-0.39, 0.29) is 6.61 Å². The molecule has 1 heterocycles. The lowest BCUT2D eigenvalue weighted by molar-refractivity contribution is -0.254. The van der Waals surface area contributed by atoms with Crippen LogP contribution in [-0.2, 0) is 55.7 Å². The van der Waals surface area contributed by atoms with Crippen molar-refractivity contribution in [3.63, 3.8) is 0 Å². The molecule has 3 rings (SSSR count). The maximum Gasteiger partial charge on any atom is 0.303 e. The number of carbonyl (C=O) groups is 4. The lowest BCUT2D eigenvalue weighted by atomic mass is 9.89. The maximum atomic E-state index is 12.1. The topological polar surface area (TPSA) is 114 Å². The molecule has 0 saturated carbocycles. The Hall–Kier alpha value is -3.43. The molecule has 9 nitrogen and oxygen atoms in total. The summed E-state index contributed by atoms with van der Waals surface area (Å²) in [6.07, 6.45) is -4.17. The zero-order valence-electron chi connectivity index (χ0n) is 22.6. The highest BCUT2D eigenvalue weighted by atomic mass is 35.5. The molecular weight excluding hydrogens is 528 g/mol. The van der Waals surface area contributed by atoms with Crippen molar-refractivity contribution in [2.45, 2.75) is 78.0 Å². The average Bonchev–Trinajstić information content (AvgIpc) is 2.86. The minimum Gasteiger partial charge on any atom is -0.463 e. The van der Waals surface area contributed by atoms with Gasteiger partial charge in [-0.25, -0.2) is 0 Å². The summed E-state index contributed by atoms with van der Waals surface area (Å²) in [5, 5.41) is 0.531. The van der Waals surface area contributed by atoms with E-state index in [1.54, 1.807) is 12.1 Å². The van der Waals surface area contributed by atoms with Crippen LogP contribution in [0.2, 0.25) is 5.02 Å². The molecule has 2 aromatic carbocycles. The van der Waals surface area contributed by atoms with Crippen molar-refractivity contribution >= 4 is 35.5 Å². The van der Waals surface area contributed by atoms with Crippen LogP contribution in [0.1, 0.15) is 63.0 Å². The number of benzene rings is 2. The van der Waals surface area contributed by atoms with Crippen LogP contribution in [0, 0.1) is 0 Å². The number of halogens is 1. The highest BCUT2D eigenvalue weighted by Gasteiger charge is 2.52. The van der Waals surface area contributed by atoms with Gasteiger partial charge in [0.05, 0.1) is 0 Å². The van der Waals surface area contributed by atoms with E-state index in [9.17, 15) is 19.2 Å². The molecular formula is C29H33ClO9. The first kappa shape index (κ1) is 30.1. The quantitative estimate of drug-likeness (QED) is 0.327. The van der Waals surface area contributed by atoms with E-state index in [0.29, 0.717) is 17.0 Å². The predicted octanol–water partition coefficient (Wildman–Crippen LogP) is 4.29. The minimum atomic E-state index is -1.24. The molecule has 1 saturated heterocycles. The van der Waals surface area contributed by atoms with Gasteiger partial charge in [-0.05, 0) is 41.2 Å². The molecule has 0 amide bonds. The van der Waals surface area contributed by atoms with Gasteiger partial charge in [-0.15, -0.1) is 0 Å². The molecule has 0 aliphatic carbocycles. The van der Waals surface area contributed by atoms with Crippen LogP contribution in [0.3, 0.4) is 0 Å². The SMILES string of the molecule is CCc1ccc(Cc2cc([C@@H]3O[C@H](COC(C)=O)[C@@H](OC(C)=O)[C@H](OC(C)=O)[C@H]3OC(C)=O)ccc2Cl)cc1.